The molecular formula is C14H16FNS2. The van der Waals surface area contributed by atoms with Crippen molar-refractivity contribution >= 4 is 23.1 Å². The van der Waals surface area contributed by atoms with Crippen LogP contribution in [0.2, 0.25) is 0 Å². The topological polar surface area (TPSA) is 12.9 Å². The van der Waals surface area contributed by atoms with E-state index in [4.69, 9.17) is 0 Å². The molecule has 1 nitrogen and oxygen atoms in total. The van der Waals surface area contributed by atoms with Gasteiger partial charge in [-0.3, -0.25) is 0 Å². The fourth-order valence-electron chi connectivity index (χ4n) is 1.53. The van der Waals surface area contributed by atoms with Gasteiger partial charge in [0.15, 0.2) is 0 Å². The molecule has 0 fully saturated rings. The molecule has 18 heavy (non-hydrogen) atoms. The third kappa shape index (κ3) is 3.56. The normalized spacial score (nSPS) is 12.6. The van der Waals surface area contributed by atoms with Gasteiger partial charge in [0.05, 0.1) is 11.4 Å². The van der Waals surface area contributed by atoms with E-state index in [9.17, 15) is 4.39 Å². The minimum Gasteiger partial charge on any atom is -0.245 e. The van der Waals surface area contributed by atoms with Gasteiger partial charge in [0.2, 0.25) is 0 Å². The first-order valence-electron chi connectivity index (χ1n) is 6.01. The highest BCUT2D eigenvalue weighted by atomic mass is 32.2. The van der Waals surface area contributed by atoms with Crippen molar-refractivity contribution in [1.29, 1.82) is 0 Å². The molecule has 1 atom stereocenters. The van der Waals surface area contributed by atoms with Crippen LogP contribution in [-0.4, -0.2) is 4.98 Å². The maximum absolute atomic E-state index is 13.0. The van der Waals surface area contributed by atoms with Gasteiger partial charge in [0, 0.05) is 10.3 Å². The Morgan fingerprint density at radius 1 is 1.44 bits per heavy atom. The smallest absolute Gasteiger partial charge is 0.124 e. The van der Waals surface area contributed by atoms with Gasteiger partial charge >= 0.3 is 0 Å². The van der Waals surface area contributed by atoms with Crippen molar-refractivity contribution in [2.75, 3.05) is 0 Å². The van der Waals surface area contributed by atoms with Crippen LogP contribution < -0.4 is 0 Å². The summed E-state index contributed by atoms with van der Waals surface area (Å²) in [5, 5.41) is 3.25. The third-order valence-electron chi connectivity index (χ3n) is 2.85. The quantitative estimate of drug-likeness (QED) is 0.708. The first-order chi connectivity index (χ1) is 8.69. The zero-order valence-corrected chi connectivity index (χ0v) is 12.2. The standard InChI is InChI=1S/C14H16FNS2/c1-3-10(2)13-8-18-14(16-13)9-17-12-6-4-5-11(15)7-12/h4-8,10H,3,9H2,1-2H3. The fraction of sp³-hybridized carbons (Fsp3) is 0.357. The summed E-state index contributed by atoms with van der Waals surface area (Å²) in [5.41, 5.74) is 1.18. The molecule has 0 spiro atoms. The average Bonchev–Trinajstić information content (AvgIpc) is 2.84. The largest absolute Gasteiger partial charge is 0.245 e. The van der Waals surface area contributed by atoms with Gasteiger partial charge in [-0.25, -0.2) is 9.37 Å². The summed E-state index contributed by atoms with van der Waals surface area (Å²) in [6.45, 7) is 4.36. The molecule has 0 radical (unpaired) electrons. The lowest BCUT2D eigenvalue weighted by Gasteiger charge is -2.02. The Hall–Kier alpha value is -0.870. The molecule has 0 aliphatic carbocycles. The van der Waals surface area contributed by atoms with E-state index in [1.165, 1.54) is 11.8 Å². The Bertz CT molecular complexity index is 510. The van der Waals surface area contributed by atoms with Gasteiger partial charge in [0.1, 0.15) is 10.8 Å². The number of benzene rings is 1. The first kappa shape index (κ1) is 13.6. The van der Waals surface area contributed by atoms with E-state index in [1.807, 2.05) is 6.07 Å². The van der Waals surface area contributed by atoms with E-state index in [-0.39, 0.29) is 5.82 Å². The average molecular weight is 281 g/mol. The van der Waals surface area contributed by atoms with Gasteiger partial charge in [-0.05, 0) is 30.5 Å². The predicted molar refractivity (Wildman–Crippen MR) is 76.8 cm³/mol. The number of thiazole rings is 1. The van der Waals surface area contributed by atoms with Crippen LogP contribution in [0.3, 0.4) is 0 Å². The Kier molecular flexibility index (Phi) is 4.78. The van der Waals surface area contributed by atoms with E-state index in [0.717, 1.165) is 22.1 Å². The number of halogens is 1. The van der Waals surface area contributed by atoms with Gasteiger partial charge in [-0.15, -0.1) is 23.1 Å². The maximum Gasteiger partial charge on any atom is 0.124 e. The molecule has 0 saturated carbocycles. The van der Waals surface area contributed by atoms with Crippen molar-refractivity contribution in [2.45, 2.75) is 36.8 Å². The third-order valence-corrected chi connectivity index (χ3v) is 4.90. The lowest BCUT2D eigenvalue weighted by atomic mass is 10.1. The van der Waals surface area contributed by atoms with Crippen LogP contribution in [0.1, 0.15) is 36.9 Å². The molecule has 0 amide bonds. The number of thioether (sulfide) groups is 1. The van der Waals surface area contributed by atoms with Gasteiger partial charge < -0.3 is 0 Å². The summed E-state index contributed by atoms with van der Waals surface area (Å²) in [6.07, 6.45) is 1.11. The SMILES string of the molecule is CCC(C)c1csc(CSc2cccc(F)c2)n1. The lowest BCUT2D eigenvalue weighted by Crippen LogP contribution is -1.91. The van der Waals surface area contributed by atoms with Crippen molar-refractivity contribution in [3.63, 3.8) is 0 Å². The molecule has 96 valence electrons. The molecule has 0 aliphatic rings. The maximum atomic E-state index is 13.0. The molecule has 0 saturated heterocycles. The molecule has 0 bridgehead atoms. The molecule has 1 unspecified atom stereocenters. The van der Waals surface area contributed by atoms with Crippen molar-refractivity contribution < 1.29 is 4.39 Å². The number of nitrogens with zero attached hydrogens (tertiary/aromatic N) is 1. The summed E-state index contributed by atoms with van der Waals surface area (Å²) < 4.78 is 13.0. The van der Waals surface area contributed by atoms with E-state index in [1.54, 1.807) is 35.2 Å². The minimum atomic E-state index is -0.181. The van der Waals surface area contributed by atoms with Gasteiger partial charge in [0.25, 0.3) is 0 Å². The number of rotatable bonds is 5. The van der Waals surface area contributed by atoms with E-state index < -0.39 is 0 Å². The van der Waals surface area contributed by atoms with Crippen LogP contribution in [0.25, 0.3) is 0 Å². The highest BCUT2D eigenvalue weighted by Crippen LogP contribution is 2.27. The Morgan fingerprint density at radius 3 is 3.00 bits per heavy atom. The molecular weight excluding hydrogens is 265 g/mol. The molecule has 1 heterocycles. The molecule has 2 rings (SSSR count). The predicted octanol–water partition coefficient (Wildman–Crippen LogP) is 5.09. The lowest BCUT2D eigenvalue weighted by molar-refractivity contribution is 0.624. The number of aromatic nitrogens is 1. The van der Waals surface area contributed by atoms with E-state index in [2.05, 4.69) is 24.2 Å². The van der Waals surface area contributed by atoms with Crippen molar-refractivity contribution in [1.82, 2.24) is 4.98 Å². The molecule has 1 aromatic carbocycles. The monoisotopic (exact) mass is 281 g/mol. The molecule has 0 N–H and O–H groups in total. The van der Waals surface area contributed by atoms with Gasteiger partial charge in [-0.1, -0.05) is 19.9 Å². The number of hydrogen-bond donors (Lipinski definition) is 0. The summed E-state index contributed by atoms with van der Waals surface area (Å²) >= 11 is 3.32. The van der Waals surface area contributed by atoms with Crippen LogP contribution in [0.15, 0.2) is 34.5 Å². The van der Waals surface area contributed by atoms with Crippen LogP contribution >= 0.6 is 23.1 Å². The molecule has 0 aliphatic heterocycles. The van der Waals surface area contributed by atoms with Crippen molar-refractivity contribution in [2.24, 2.45) is 0 Å². The number of hydrogen-bond acceptors (Lipinski definition) is 3. The van der Waals surface area contributed by atoms with Gasteiger partial charge in [-0.2, -0.15) is 0 Å². The van der Waals surface area contributed by atoms with E-state index >= 15 is 0 Å². The zero-order chi connectivity index (χ0) is 13.0. The summed E-state index contributed by atoms with van der Waals surface area (Å²) in [5.74, 6) is 1.15. The van der Waals surface area contributed by atoms with E-state index in [0.29, 0.717) is 5.92 Å². The summed E-state index contributed by atoms with van der Waals surface area (Å²) in [6, 6.07) is 6.70. The first-order valence-corrected chi connectivity index (χ1v) is 7.88. The van der Waals surface area contributed by atoms with Crippen LogP contribution in [0.5, 0.6) is 0 Å². The second-order valence-corrected chi connectivity index (χ2v) is 6.21. The highest BCUT2D eigenvalue weighted by molar-refractivity contribution is 7.98. The summed E-state index contributed by atoms with van der Waals surface area (Å²) in [7, 11) is 0. The van der Waals surface area contributed by atoms with Crippen molar-refractivity contribution in [3.8, 4) is 0 Å². The molecule has 1 aromatic heterocycles. The minimum absolute atomic E-state index is 0.181. The zero-order valence-electron chi connectivity index (χ0n) is 10.5. The fourth-order valence-corrected chi connectivity index (χ4v) is 3.40. The Balaban J connectivity index is 1.96. The second kappa shape index (κ2) is 6.34. The molecule has 2 aromatic rings. The Labute approximate surface area is 115 Å². The second-order valence-electron chi connectivity index (χ2n) is 4.22. The van der Waals surface area contributed by atoms with Crippen LogP contribution in [0.4, 0.5) is 4.39 Å². The summed E-state index contributed by atoms with van der Waals surface area (Å²) in [4.78, 5) is 5.58. The van der Waals surface area contributed by atoms with Crippen molar-refractivity contribution in [3.05, 3.63) is 46.2 Å². The molecule has 4 heteroatoms. The van der Waals surface area contributed by atoms with Crippen LogP contribution in [-0.2, 0) is 5.75 Å². The highest BCUT2D eigenvalue weighted by Gasteiger charge is 2.08. The van der Waals surface area contributed by atoms with Crippen LogP contribution in [0, 0.1) is 5.82 Å². The Morgan fingerprint density at radius 2 is 2.28 bits per heavy atom.